The molecular formula is C105H116N26O12S7. The summed E-state index contributed by atoms with van der Waals surface area (Å²) >= 11 is 9.19. The van der Waals surface area contributed by atoms with E-state index in [1.165, 1.54) is 92.7 Å². The molecule has 0 amide bonds. The maximum atomic E-state index is 12.3. The van der Waals surface area contributed by atoms with Crippen molar-refractivity contribution in [1.29, 1.82) is 0 Å². The van der Waals surface area contributed by atoms with Crippen molar-refractivity contribution in [3.05, 3.63) is 250 Å². The number of hydrogen-bond acceptors (Lipinski definition) is 38. The van der Waals surface area contributed by atoms with Crippen LogP contribution in [0.4, 0.5) is 0 Å². The quantitative estimate of drug-likeness (QED) is 0.0219. The third-order valence-corrected chi connectivity index (χ3v) is 26.6. The van der Waals surface area contributed by atoms with Crippen LogP contribution in [-0.2, 0) is 91.7 Å². The Morgan fingerprint density at radius 1 is 0.313 bits per heavy atom. The number of aryl methyl sites for hydroxylation is 12. The average molecular weight is 2160 g/mol. The highest BCUT2D eigenvalue weighted by Gasteiger charge is 2.26. The molecule has 0 radical (unpaired) electrons. The monoisotopic (exact) mass is 2160 g/mol. The molecule has 780 valence electrons. The molecule has 0 saturated carbocycles. The average Bonchev–Trinajstić information content (AvgIpc) is 1.69. The number of thioether (sulfide) groups is 1. The second-order valence-corrected chi connectivity index (χ2v) is 40.0. The van der Waals surface area contributed by atoms with E-state index in [1.807, 2.05) is 278 Å². The van der Waals surface area contributed by atoms with E-state index in [9.17, 15) is 28.8 Å². The molecule has 0 aliphatic carbocycles. The summed E-state index contributed by atoms with van der Waals surface area (Å²) in [5, 5.41) is 39.4. The number of methoxy groups -OCH3 is 1. The molecule has 0 atom stereocenters. The number of aromatic nitrogens is 24. The van der Waals surface area contributed by atoms with Gasteiger partial charge in [0.15, 0.2) is 65.0 Å². The van der Waals surface area contributed by atoms with E-state index in [0.29, 0.717) is 78.0 Å². The molecule has 45 heteroatoms. The first-order chi connectivity index (χ1) is 72.1. The molecule has 18 rings (SSSR count). The number of carboxylic acid groups (broad SMARTS) is 1. The molecule has 0 spiro atoms. The summed E-state index contributed by atoms with van der Waals surface area (Å²) in [6.07, 6.45) is 1.88. The lowest BCUT2D eigenvalue weighted by Crippen LogP contribution is -2.28. The number of hydrogen-bond donors (Lipinski definition) is 1. The number of rotatable bonds is 35. The van der Waals surface area contributed by atoms with Crippen molar-refractivity contribution in [2.45, 2.75) is 143 Å². The van der Waals surface area contributed by atoms with Crippen LogP contribution in [0.3, 0.4) is 0 Å². The Morgan fingerprint density at radius 2 is 0.540 bits per heavy atom. The predicted molar refractivity (Wildman–Crippen MR) is 585 cm³/mol. The number of carboxylic acids is 1. The van der Waals surface area contributed by atoms with Crippen LogP contribution in [0.15, 0.2) is 182 Å². The zero-order valence-electron chi connectivity index (χ0n) is 86.6. The van der Waals surface area contributed by atoms with Crippen molar-refractivity contribution in [1.82, 2.24) is 125 Å². The van der Waals surface area contributed by atoms with Gasteiger partial charge in [0.2, 0.25) is 0 Å². The number of benzene rings is 6. The van der Waals surface area contributed by atoms with E-state index in [1.54, 1.807) is 30.3 Å². The van der Waals surface area contributed by atoms with Gasteiger partial charge in [0.1, 0.15) is 58.4 Å². The number of esters is 5. The molecule has 0 unspecified atom stereocenters. The second kappa shape index (κ2) is 54.3. The number of carbonyl (C=O) groups excluding carboxylic acids is 5. The molecule has 6 aromatic carbocycles. The summed E-state index contributed by atoms with van der Waals surface area (Å²) in [6.45, 7) is 33.9. The predicted octanol–water partition coefficient (Wildman–Crippen LogP) is 18.8. The van der Waals surface area contributed by atoms with Crippen molar-refractivity contribution < 1.29 is 57.6 Å². The highest BCUT2D eigenvalue weighted by atomic mass is 32.2. The van der Waals surface area contributed by atoms with Gasteiger partial charge >= 0.3 is 35.8 Å². The normalized spacial score (nSPS) is 10.9. The fraction of sp³-hybridized carbons (Fsp3) is 0.314. The van der Waals surface area contributed by atoms with Crippen molar-refractivity contribution in [2.24, 2.45) is 0 Å². The second-order valence-electron chi connectivity index (χ2n) is 34.7. The Labute approximate surface area is 897 Å². The highest BCUT2D eigenvalue weighted by Crippen LogP contribution is 2.35. The van der Waals surface area contributed by atoms with E-state index in [4.69, 9.17) is 28.8 Å². The van der Waals surface area contributed by atoms with Gasteiger partial charge in [-0.1, -0.05) is 156 Å². The third kappa shape index (κ3) is 32.3. The molecule has 38 nitrogen and oxygen atoms in total. The van der Waals surface area contributed by atoms with Crippen molar-refractivity contribution in [3.63, 3.8) is 0 Å². The first kappa shape index (κ1) is 112. The van der Waals surface area contributed by atoms with Gasteiger partial charge < -0.3 is 38.6 Å². The molecule has 18 aromatic rings. The van der Waals surface area contributed by atoms with Crippen LogP contribution in [0.5, 0.6) is 0 Å². The van der Waals surface area contributed by atoms with Crippen LogP contribution < -0.4 is 0 Å². The number of aliphatic carboxylic acids is 1. The number of likely N-dealkylation sites (N-methyl/N-ethyl adjacent to an activating group) is 2. The largest absolute Gasteiger partial charge is 0.480 e. The molecular weight excluding hydrogens is 2040 g/mol. The molecule has 12 heterocycles. The summed E-state index contributed by atoms with van der Waals surface area (Å²) in [5.41, 5.74) is 22.2. The Hall–Kier alpha value is -15.0. The molecule has 0 bridgehead atoms. The van der Waals surface area contributed by atoms with Crippen molar-refractivity contribution >= 4 is 117 Å². The molecule has 1 N–H and O–H groups in total. The first-order valence-corrected chi connectivity index (χ1v) is 53.7. The van der Waals surface area contributed by atoms with E-state index >= 15 is 0 Å². The van der Waals surface area contributed by atoms with Gasteiger partial charge in [-0.15, -0.1) is 11.8 Å². The molecule has 0 aliphatic rings. The van der Waals surface area contributed by atoms with Gasteiger partial charge in [0.25, 0.3) is 0 Å². The third-order valence-electron chi connectivity index (χ3n) is 21.9. The van der Waals surface area contributed by atoms with Gasteiger partial charge in [-0.05, 0) is 265 Å². The first-order valence-electron chi connectivity index (χ1n) is 47.6. The van der Waals surface area contributed by atoms with Gasteiger partial charge in [0, 0.05) is 46.5 Å². The summed E-state index contributed by atoms with van der Waals surface area (Å²) in [5.74, 6) is 1.84. The summed E-state index contributed by atoms with van der Waals surface area (Å²) in [7, 11) is 5.23. The van der Waals surface area contributed by atoms with Crippen LogP contribution in [0, 0.1) is 83.1 Å². The van der Waals surface area contributed by atoms with Gasteiger partial charge in [-0.3, -0.25) is 56.9 Å². The molecule has 12 aromatic heterocycles. The summed E-state index contributed by atoms with van der Waals surface area (Å²) in [6, 6.07) is 59.6. The van der Waals surface area contributed by atoms with E-state index in [0.717, 1.165) is 174 Å². The molecule has 0 fully saturated rings. The summed E-state index contributed by atoms with van der Waals surface area (Å²) in [4.78, 5) is 102. The Balaban J connectivity index is 0.000000150. The Bertz CT molecular complexity index is 7620. The smallest absolute Gasteiger partial charge is 0.328 e. The number of ether oxygens (including phenoxy) is 5. The zero-order valence-corrected chi connectivity index (χ0v) is 92.4. The maximum absolute atomic E-state index is 12.3. The number of nitrogens with zero attached hydrogens (tertiary/aromatic N) is 26. The van der Waals surface area contributed by atoms with Gasteiger partial charge in [0.05, 0.1) is 82.0 Å². The van der Waals surface area contributed by atoms with Gasteiger partial charge in [-0.25, -0.2) is 29.9 Å². The van der Waals surface area contributed by atoms with Crippen molar-refractivity contribution in [2.75, 3.05) is 79.4 Å². The highest BCUT2D eigenvalue weighted by molar-refractivity contribution is 7.98. The lowest BCUT2D eigenvalue weighted by atomic mass is 10.1. The summed E-state index contributed by atoms with van der Waals surface area (Å²) < 4.78 is 61.7. The minimum atomic E-state index is -0.937. The van der Waals surface area contributed by atoms with Crippen LogP contribution in [0.25, 0.3) is 133 Å². The zero-order chi connectivity index (χ0) is 107. The SMILES string of the molecule is CCN(CC)CCOC(=O)Cn1nc(C)cc1-c1nc(-c2cccc(C)c2)ns1.CCOC(=O)Cn1nc(C)cc1-c1nc(-c2cccc(C)c2)ns1.COC(=O)Cn1nc(C)cc1-c1nc(-c2cccc(C)c2)ns1.CSCOC(=O)Cn1nc(C)cc1-c1nc(-c2cccc(C)c2)ns1.Cc1cccc(-c2nsc(-c3cc(C)nn3CC(=O)O)n2)c1.Cc1cccc(-c2nsc(-c3cc(C)nn3CC(=O)OCCN(C)C)n2)c1. The lowest BCUT2D eigenvalue weighted by molar-refractivity contribution is -0.145. The molecule has 0 aliphatic heterocycles. The molecule has 150 heavy (non-hydrogen) atoms. The Kier molecular flexibility index (Phi) is 40.6. The van der Waals surface area contributed by atoms with Crippen LogP contribution in [-0.4, -0.2) is 245 Å². The minimum absolute atomic E-state index is 0.0515. The fourth-order valence-electron chi connectivity index (χ4n) is 14.8. The van der Waals surface area contributed by atoms with E-state index < -0.39 is 5.97 Å². The van der Waals surface area contributed by atoms with Crippen LogP contribution in [0.2, 0.25) is 0 Å². The van der Waals surface area contributed by atoms with E-state index in [2.05, 4.69) is 118 Å². The minimum Gasteiger partial charge on any atom is -0.480 e. The fourth-order valence-corrected chi connectivity index (χ4v) is 19.3. The lowest BCUT2D eigenvalue weighted by Gasteiger charge is -2.17. The topological polar surface area (TPSA) is 437 Å². The maximum Gasteiger partial charge on any atom is 0.328 e. The van der Waals surface area contributed by atoms with E-state index in [-0.39, 0.29) is 69.1 Å². The number of carbonyl (C=O) groups is 6. The van der Waals surface area contributed by atoms with Gasteiger partial charge in [-0.2, -0.15) is 56.8 Å². The van der Waals surface area contributed by atoms with Crippen molar-refractivity contribution in [3.8, 4) is 133 Å². The van der Waals surface area contributed by atoms with Crippen LogP contribution >= 0.6 is 81.0 Å². The molecule has 0 saturated heterocycles. The standard InChI is InChI=1S/C21H27N5O2S.C19H23N5O2S.C17H18N4O2S2.C17H18N4O2S.C16H16N4O2S.C15H14N4O2S/c1-5-25(6-2)10-11-28-19(27)14-26-18(13-16(4)23-26)21-22-20(24-29-21)17-9-7-8-15(3)12-17;1-13-6-5-7-15(10-13)18-20-19(27-22-18)16-11-14(2)21-24(16)12-17(25)26-9-8-23(3)4;1-11-5-4-6-13(7-11)16-18-17(25-20-16)14-8-12(2)19-21(14)9-15(22)23-10-24-3;1-4-23-15(22)10-21-14(9-12(3)19-21)17-18-16(20-24-17)13-7-5-6-11(2)8-13;1-10-5-4-6-12(7-10)15-17-16(23-19-15)13-8-11(2)18-20(13)9-14(21)22-3;1-9-4-3-5-11(6-9)14-16-15(22-18-14)12-7-10(2)17-19(12)8-13(20)21/h7-9,12-13H,5-6,10-11,14H2,1-4H3;5-7,10-11H,8-9,12H2,1-4H3;4-8H,9-10H2,1-3H3;5-9H,4,10H2,1-3H3;4-8H,9H2,1-3H3;3-7H,8H2,1-2H3,(H,20,21). The Morgan fingerprint density at radius 3 is 0.753 bits per heavy atom. The van der Waals surface area contributed by atoms with Crippen LogP contribution in [0.1, 0.15) is 88.3 Å².